The van der Waals surface area contributed by atoms with Crippen LogP contribution in [0.2, 0.25) is 5.02 Å². The van der Waals surface area contributed by atoms with Crippen LogP contribution in [-0.4, -0.2) is 19.6 Å². The summed E-state index contributed by atoms with van der Waals surface area (Å²) in [6, 6.07) is 8.41. The van der Waals surface area contributed by atoms with Gasteiger partial charge in [0.15, 0.2) is 0 Å². The van der Waals surface area contributed by atoms with Crippen LogP contribution in [0.15, 0.2) is 24.3 Å². The first kappa shape index (κ1) is 10.8. The first-order valence-corrected chi connectivity index (χ1v) is 5.75. The van der Waals surface area contributed by atoms with E-state index in [-0.39, 0.29) is 0 Å². The van der Waals surface area contributed by atoms with Crippen LogP contribution in [0.3, 0.4) is 0 Å². The number of nitrogens with two attached hydrogens (primary N) is 1. The van der Waals surface area contributed by atoms with E-state index < -0.39 is 0 Å². The van der Waals surface area contributed by atoms with E-state index in [0.717, 1.165) is 30.3 Å². The highest BCUT2D eigenvalue weighted by Gasteiger charge is 2.26. The van der Waals surface area contributed by atoms with Gasteiger partial charge in [0, 0.05) is 30.3 Å². The van der Waals surface area contributed by atoms with E-state index >= 15 is 0 Å². The maximum Gasteiger partial charge on any atom is 0.0407 e. The topological polar surface area (TPSA) is 29.3 Å². The molecule has 0 aliphatic heterocycles. The van der Waals surface area contributed by atoms with Crippen molar-refractivity contribution < 1.29 is 0 Å². The Bertz CT molecular complexity index is 317. The third-order valence-corrected chi connectivity index (χ3v) is 3.32. The van der Waals surface area contributed by atoms with E-state index in [1.165, 1.54) is 5.69 Å². The van der Waals surface area contributed by atoms with Crippen molar-refractivity contribution in [3.63, 3.8) is 0 Å². The summed E-state index contributed by atoms with van der Waals surface area (Å²) in [6.07, 6.45) is 2.33. The van der Waals surface area contributed by atoms with E-state index in [0.29, 0.717) is 6.04 Å². The third-order valence-electron chi connectivity index (χ3n) is 3.07. The van der Waals surface area contributed by atoms with Gasteiger partial charge in [-0.25, -0.2) is 0 Å². The second-order valence-corrected chi connectivity index (χ2v) is 4.89. The van der Waals surface area contributed by atoms with E-state index in [9.17, 15) is 0 Å². The summed E-state index contributed by atoms with van der Waals surface area (Å²) in [5.74, 6) is 0.765. The molecule has 0 amide bonds. The number of hydrogen-bond acceptors (Lipinski definition) is 2. The fraction of sp³-hybridized carbons (Fsp3) is 0.500. The zero-order chi connectivity index (χ0) is 10.8. The van der Waals surface area contributed by atoms with Crippen molar-refractivity contribution in [3.05, 3.63) is 29.3 Å². The van der Waals surface area contributed by atoms with Gasteiger partial charge in [0.2, 0.25) is 0 Å². The summed E-state index contributed by atoms with van der Waals surface area (Å²) in [5.41, 5.74) is 6.99. The summed E-state index contributed by atoms with van der Waals surface area (Å²) in [4.78, 5) is 2.27. The van der Waals surface area contributed by atoms with Gasteiger partial charge in [0.25, 0.3) is 0 Å². The third kappa shape index (κ3) is 2.64. The molecule has 0 bridgehead atoms. The van der Waals surface area contributed by atoms with E-state index in [2.05, 4.69) is 24.1 Å². The Morgan fingerprint density at radius 3 is 2.47 bits per heavy atom. The lowest BCUT2D eigenvalue weighted by molar-refractivity contribution is 0.271. The molecule has 0 aromatic heterocycles. The first-order valence-electron chi connectivity index (χ1n) is 5.37. The summed E-state index contributed by atoms with van der Waals surface area (Å²) >= 11 is 5.84. The number of benzene rings is 1. The number of hydrogen-bond donors (Lipinski definition) is 1. The Labute approximate surface area is 96.0 Å². The van der Waals surface area contributed by atoms with Crippen LogP contribution in [0.25, 0.3) is 0 Å². The van der Waals surface area contributed by atoms with Crippen LogP contribution in [-0.2, 0) is 0 Å². The molecule has 2 N–H and O–H groups in total. The van der Waals surface area contributed by atoms with Crippen LogP contribution < -0.4 is 10.6 Å². The van der Waals surface area contributed by atoms with Crippen molar-refractivity contribution in [3.8, 4) is 0 Å². The number of rotatable bonds is 3. The molecule has 1 aliphatic rings. The van der Waals surface area contributed by atoms with Gasteiger partial charge in [-0.15, -0.1) is 0 Å². The second kappa shape index (κ2) is 4.42. The summed E-state index contributed by atoms with van der Waals surface area (Å²) in [6.45, 7) is 1.09. The molecule has 0 radical (unpaired) electrons. The molecule has 82 valence electrons. The lowest BCUT2D eigenvalue weighted by atomic mass is 9.80. The molecular weight excluding hydrogens is 208 g/mol. The van der Waals surface area contributed by atoms with E-state index in [4.69, 9.17) is 17.3 Å². The Morgan fingerprint density at radius 2 is 1.93 bits per heavy atom. The minimum Gasteiger partial charge on any atom is -0.374 e. The predicted octanol–water partition coefficient (Wildman–Crippen LogP) is 2.51. The summed E-state index contributed by atoms with van der Waals surface area (Å²) in [5, 5.41) is 0.790. The molecule has 0 unspecified atom stereocenters. The molecule has 1 aromatic carbocycles. The van der Waals surface area contributed by atoms with Crippen LogP contribution >= 0.6 is 11.6 Å². The minimum atomic E-state index is 0.439. The Balaban J connectivity index is 1.90. The highest BCUT2D eigenvalue weighted by atomic mass is 35.5. The van der Waals surface area contributed by atoms with Crippen molar-refractivity contribution in [1.82, 2.24) is 0 Å². The van der Waals surface area contributed by atoms with Gasteiger partial charge in [-0.3, -0.25) is 0 Å². The molecule has 1 fully saturated rings. The van der Waals surface area contributed by atoms with Crippen LogP contribution in [0, 0.1) is 5.92 Å². The lowest BCUT2D eigenvalue weighted by Crippen LogP contribution is -2.41. The quantitative estimate of drug-likeness (QED) is 0.855. The Morgan fingerprint density at radius 1 is 1.33 bits per heavy atom. The SMILES string of the molecule is CN(CC1CC(N)C1)c1ccc(Cl)cc1. The van der Waals surface area contributed by atoms with Gasteiger partial charge in [-0.05, 0) is 43.0 Å². The van der Waals surface area contributed by atoms with Gasteiger partial charge in [-0.1, -0.05) is 11.6 Å². The molecule has 1 aromatic rings. The van der Waals surface area contributed by atoms with Crippen molar-refractivity contribution in [1.29, 1.82) is 0 Å². The predicted molar refractivity (Wildman–Crippen MR) is 65.4 cm³/mol. The summed E-state index contributed by atoms with van der Waals surface area (Å²) in [7, 11) is 2.12. The first-order chi connectivity index (χ1) is 7.15. The maximum atomic E-state index is 5.84. The molecule has 0 saturated heterocycles. The largest absolute Gasteiger partial charge is 0.374 e. The van der Waals surface area contributed by atoms with Gasteiger partial charge in [0.05, 0.1) is 0 Å². The molecule has 0 heterocycles. The zero-order valence-electron chi connectivity index (χ0n) is 8.99. The monoisotopic (exact) mass is 224 g/mol. The van der Waals surface area contributed by atoms with Gasteiger partial charge < -0.3 is 10.6 Å². The minimum absolute atomic E-state index is 0.439. The van der Waals surface area contributed by atoms with Gasteiger partial charge in [0.1, 0.15) is 0 Å². The molecule has 1 saturated carbocycles. The molecule has 0 spiro atoms. The highest BCUT2D eigenvalue weighted by Crippen LogP contribution is 2.28. The number of nitrogens with zero attached hydrogens (tertiary/aromatic N) is 1. The molecule has 3 heteroatoms. The lowest BCUT2D eigenvalue weighted by Gasteiger charge is -2.36. The fourth-order valence-corrected chi connectivity index (χ4v) is 2.25. The normalized spacial score (nSPS) is 24.7. The molecule has 0 atom stereocenters. The Hall–Kier alpha value is -0.730. The van der Waals surface area contributed by atoms with Crippen molar-refractivity contribution in [2.45, 2.75) is 18.9 Å². The van der Waals surface area contributed by atoms with Crippen LogP contribution in [0.1, 0.15) is 12.8 Å². The Kier molecular flexibility index (Phi) is 3.17. The average Bonchev–Trinajstić information content (AvgIpc) is 2.16. The zero-order valence-corrected chi connectivity index (χ0v) is 9.74. The van der Waals surface area contributed by atoms with Crippen LogP contribution in [0.5, 0.6) is 0 Å². The van der Waals surface area contributed by atoms with Gasteiger partial charge >= 0.3 is 0 Å². The molecular formula is C12H17ClN2. The highest BCUT2D eigenvalue weighted by molar-refractivity contribution is 6.30. The smallest absolute Gasteiger partial charge is 0.0407 e. The van der Waals surface area contributed by atoms with Crippen molar-refractivity contribution >= 4 is 17.3 Å². The van der Waals surface area contributed by atoms with Crippen molar-refractivity contribution in [2.75, 3.05) is 18.5 Å². The molecule has 15 heavy (non-hydrogen) atoms. The van der Waals surface area contributed by atoms with Crippen molar-refractivity contribution in [2.24, 2.45) is 11.7 Å². The summed E-state index contributed by atoms with van der Waals surface area (Å²) < 4.78 is 0. The number of anilines is 1. The van der Waals surface area contributed by atoms with Gasteiger partial charge in [-0.2, -0.15) is 0 Å². The van der Waals surface area contributed by atoms with E-state index in [1.54, 1.807) is 0 Å². The average molecular weight is 225 g/mol. The van der Waals surface area contributed by atoms with E-state index in [1.807, 2.05) is 12.1 Å². The maximum absolute atomic E-state index is 5.84. The number of halogens is 1. The van der Waals surface area contributed by atoms with Crippen LogP contribution in [0.4, 0.5) is 5.69 Å². The molecule has 2 rings (SSSR count). The molecule has 1 aliphatic carbocycles. The fourth-order valence-electron chi connectivity index (χ4n) is 2.12. The molecule has 2 nitrogen and oxygen atoms in total. The standard InChI is InChI=1S/C12H17ClN2/c1-15(8-9-6-11(14)7-9)12-4-2-10(13)3-5-12/h2-5,9,11H,6-8,14H2,1H3. The second-order valence-electron chi connectivity index (χ2n) is 4.45.